The van der Waals surface area contributed by atoms with Crippen LogP contribution < -0.4 is 14.9 Å². The topological polar surface area (TPSA) is 436 Å². The Labute approximate surface area is 387 Å². The molecule has 4 heterocycles. The largest absolute Gasteiger partial charge is 0.508 e. The molecular weight excluding hydrogens is 932 g/mol. The van der Waals surface area contributed by atoms with Gasteiger partial charge in [-0.3, -0.25) is 4.79 Å². The summed E-state index contributed by atoms with van der Waals surface area (Å²) in [6.45, 7) is -1.81. The van der Waals surface area contributed by atoms with E-state index in [0.717, 1.165) is 30.3 Å². The number of carbonyl (C=O) groups excluding carboxylic acids is 1. The SMILES string of the molecule is COc1cc(/C=C/C(=O)OC[C@H]2O[C@@H](OC[C@H]3O[C@@H](O)[C@H](O)[C@@H](O)[C@@H]3O)[C@H](O)[C@@H](O)[C@@H]2O)ccc1O.O=c1c(O[C@@H]2O[C@H](CO)[C@@H](O)[C@H](O)[C@H]2O)c(-c2ccc(O)c(O)c2)oc2cc(O)cc(O)c12. The van der Waals surface area contributed by atoms with Crippen molar-refractivity contribution < 1.29 is 124 Å². The Morgan fingerprint density at radius 3 is 1.90 bits per heavy atom. The van der Waals surface area contributed by atoms with Crippen LogP contribution in [0.25, 0.3) is 28.4 Å². The summed E-state index contributed by atoms with van der Waals surface area (Å²) in [7, 11) is 1.37. The van der Waals surface area contributed by atoms with Crippen molar-refractivity contribution in [2.45, 2.75) is 92.1 Å². The lowest BCUT2D eigenvalue weighted by molar-refractivity contribution is -0.326. The van der Waals surface area contributed by atoms with Crippen LogP contribution in [-0.4, -0.2) is 207 Å². The first kappa shape index (κ1) is 52.5. The Morgan fingerprint density at radius 1 is 0.638 bits per heavy atom. The molecule has 0 aliphatic carbocycles. The molecule has 3 aliphatic heterocycles. The van der Waals surface area contributed by atoms with E-state index in [4.69, 9.17) is 37.6 Å². The van der Waals surface area contributed by atoms with Crippen molar-refractivity contribution in [2.24, 2.45) is 0 Å². The summed E-state index contributed by atoms with van der Waals surface area (Å²) in [5, 5.41) is 158. The number of aliphatic hydroxyl groups excluding tert-OH is 11. The number of aliphatic hydroxyl groups is 11. The predicted molar refractivity (Wildman–Crippen MR) is 225 cm³/mol. The molecule has 26 nitrogen and oxygen atoms in total. The van der Waals surface area contributed by atoms with Gasteiger partial charge >= 0.3 is 5.97 Å². The van der Waals surface area contributed by atoms with Crippen LogP contribution in [0.2, 0.25) is 0 Å². The zero-order valence-electron chi connectivity index (χ0n) is 35.8. The van der Waals surface area contributed by atoms with Gasteiger partial charge in [-0.05, 0) is 42.0 Å². The van der Waals surface area contributed by atoms with E-state index < -0.39 is 152 Å². The lowest BCUT2D eigenvalue weighted by atomic mass is 9.98. The van der Waals surface area contributed by atoms with E-state index >= 15 is 0 Å². The zero-order valence-corrected chi connectivity index (χ0v) is 35.8. The highest BCUT2D eigenvalue weighted by Crippen LogP contribution is 2.39. The number of esters is 1. The molecule has 4 aromatic rings. The molecule has 15 atom stereocenters. The van der Waals surface area contributed by atoms with Crippen LogP contribution in [0.3, 0.4) is 0 Å². The number of fused-ring (bicyclic) bond motifs is 1. The van der Waals surface area contributed by atoms with Gasteiger partial charge in [-0.25, -0.2) is 4.79 Å². The molecule has 1 aromatic heterocycles. The van der Waals surface area contributed by atoms with Crippen molar-refractivity contribution in [3.63, 3.8) is 0 Å². The van der Waals surface area contributed by atoms with Gasteiger partial charge in [-0.2, -0.15) is 0 Å². The third-order valence-electron chi connectivity index (χ3n) is 11.0. The Bertz CT molecular complexity index is 2490. The first-order chi connectivity index (χ1) is 32.6. The third kappa shape index (κ3) is 11.6. The molecule has 69 heavy (non-hydrogen) atoms. The van der Waals surface area contributed by atoms with Crippen LogP contribution in [0.5, 0.6) is 40.2 Å². The van der Waals surface area contributed by atoms with Crippen LogP contribution in [0.4, 0.5) is 0 Å². The predicted octanol–water partition coefficient (Wildman–Crippen LogP) is -3.96. The maximum absolute atomic E-state index is 13.2. The van der Waals surface area contributed by atoms with E-state index in [-0.39, 0.29) is 33.8 Å². The number of methoxy groups -OCH3 is 1. The number of aromatic hydroxyl groups is 5. The minimum atomic E-state index is -1.85. The van der Waals surface area contributed by atoms with Crippen molar-refractivity contribution in [1.82, 2.24) is 0 Å². The van der Waals surface area contributed by atoms with E-state index in [1.165, 1.54) is 37.5 Å². The lowest BCUT2D eigenvalue weighted by Crippen LogP contribution is -2.61. The second-order valence-corrected chi connectivity index (χ2v) is 15.7. The molecule has 3 saturated heterocycles. The van der Waals surface area contributed by atoms with Crippen LogP contribution in [0.1, 0.15) is 5.56 Å². The zero-order chi connectivity index (χ0) is 50.6. The maximum atomic E-state index is 13.2. The average Bonchev–Trinajstić information content (AvgIpc) is 3.32. The van der Waals surface area contributed by atoms with Gasteiger partial charge in [-0.1, -0.05) is 6.07 Å². The number of phenols is 5. The molecule has 3 aromatic carbocycles. The minimum absolute atomic E-state index is 0.0201. The lowest BCUT2D eigenvalue weighted by Gasteiger charge is -2.42. The highest BCUT2D eigenvalue weighted by molar-refractivity contribution is 5.88. The quantitative estimate of drug-likeness (QED) is 0.0366. The van der Waals surface area contributed by atoms with Crippen molar-refractivity contribution in [3.05, 3.63) is 70.4 Å². The van der Waals surface area contributed by atoms with E-state index in [1.54, 1.807) is 0 Å². The average molecular weight is 983 g/mol. The van der Waals surface area contributed by atoms with Gasteiger partial charge in [-0.15, -0.1) is 0 Å². The van der Waals surface area contributed by atoms with Crippen molar-refractivity contribution in [3.8, 4) is 51.6 Å². The maximum Gasteiger partial charge on any atom is 0.330 e. The first-order valence-corrected chi connectivity index (χ1v) is 20.6. The summed E-state index contributed by atoms with van der Waals surface area (Å²) in [5.74, 6) is -3.75. The summed E-state index contributed by atoms with van der Waals surface area (Å²) in [6, 6.07) is 9.75. The molecule has 3 aliphatic rings. The number of hydrogen-bond donors (Lipinski definition) is 16. The Morgan fingerprint density at radius 2 is 1.25 bits per heavy atom. The second kappa shape index (κ2) is 22.2. The number of ether oxygens (including phenoxy) is 7. The van der Waals surface area contributed by atoms with Crippen LogP contribution in [0, 0.1) is 0 Å². The number of hydrogen-bond acceptors (Lipinski definition) is 26. The molecular formula is C43H50O26. The van der Waals surface area contributed by atoms with E-state index in [9.17, 15) is 91.3 Å². The van der Waals surface area contributed by atoms with Gasteiger partial charge < -0.3 is 119 Å². The fourth-order valence-corrected chi connectivity index (χ4v) is 7.14. The smallest absolute Gasteiger partial charge is 0.330 e. The van der Waals surface area contributed by atoms with Crippen LogP contribution in [-0.2, 0) is 28.5 Å². The van der Waals surface area contributed by atoms with E-state index in [1.807, 2.05) is 0 Å². The normalized spacial score (nSPS) is 31.4. The second-order valence-electron chi connectivity index (χ2n) is 15.7. The third-order valence-corrected chi connectivity index (χ3v) is 11.0. The van der Waals surface area contributed by atoms with Gasteiger partial charge in [0.05, 0.1) is 20.3 Å². The number of benzene rings is 3. The van der Waals surface area contributed by atoms with E-state index in [0.29, 0.717) is 5.56 Å². The van der Waals surface area contributed by atoms with Crippen LogP contribution >= 0.6 is 0 Å². The number of phenolic OH excluding ortho intramolecular Hbond substituents is 5. The molecule has 0 radical (unpaired) electrons. The first-order valence-electron chi connectivity index (χ1n) is 20.6. The molecule has 378 valence electrons. The van der Waals surface area contributed by atoms with Crippen molar-refractivity contribution in [1.29, 1.82) is 0 Å². The van der Waals surface area contributed by atoms with Gasteiger partial charge in [0.1, 0.15) is 102 Å². The Hall–Kier alpha value is -5.92. The van der Waals surface area contributed by atoms with Crippen LogP contribution in [0.15, 0.2) is 63.8 Å². The number of carbonyl (C=O) groups is 1. The van der Waals surface area contributed by atoms with Gasteiger partial charge in [0.15, 0.2) is 41.3 Å². The molecule has 16 N–H and O–H groups in total. The van der Waals surface area contributed by atoms with Gasteiger partial charge in [0, 0.05) is 23.8 Å². The van der Waals surface area contributed by atoms with Gasteiger partial charge in [0.2, 0.25) is 17.5 Å². The summed E-state index contributed by atoms with van der Waals surface area (Å²) < 4.78 is 42.2. The summed E-state index contributed by atoms with van der Waals surface area (Å²) >= 11 is 0. The molecule has 0 saturated carbocycles. The fourth-order valence-electron chi connectivity index (χ4n) is 7.14. The van der Waals surface area contributed by atoms with Crippen molar-refractivity contribution in [2.75, 3.05) is 26.9 Å². The molecule has 0 unspecified atom stereocenters. The summed E-state index contributed by atoms with van der Waals surface area (Å²) in [6.07, 6.45) is -22.2. The minimum Gasteiger partial charge on any atom is -0.508 e. The van der Waals surface area contributed by atoms with Crippen molar-refractivity contribution >= 4 is 23.0 Å². The highest BCUT2D eigenvalue weighted by atomic mass is 16.7. The molecule has 0 spiro atoms. The summed E-state index contributed by atoms with van der Waals surface area (Å²) in [4.78, 5) is 25.3. The standard InChI is InChI=1S/C22H30O14.C21H20O12/c1-32-11-6-9(2-4-10(11)23)3-5-14(24)33-7-13-16(26)18(28)20(30)22(36-13)34-8-12-15(25)17(27)19(29)21(31)35-12;22-6-13-15(27)17(29)18(30)21(32-13)33-20-16(28)14-11(26)4-8(23)5-12(14)31-19(20)7-1-2-9(24)10(25)3-7/h2-6,12-13,15-23,25-31H,7-8H2,1H3;1-5,13,15,17-18,21-27,29-30H,6H2/b5-3+;/t12-,13-,15-,16-,17+,18+,19-,20-,21-,22-;13-,15-,17+,18-,21+/m11/s1. The fraction of sp³-hybridized carbons (Fsp3) is 0.442. The summed E-state index contributed by atoms with van der Waals surface area (Å²) in [5.41, 5.74) is -0.668. The Balaban J connectivity index is 0.000000227. The molecule has 0 amide bonds. The highest BCUT2D eigenvalue weighted by Gasteiger charge is 2.48. The molecule has 7 rings (SSSR count). The van der Waals surface area contributed by atoms with Gasteiger partial charge in [0.25, 0.3) is 0 Å². The molecule has 26 heteroatoms. The monoisotopic (exact) mass is 982 g/mol. The molecule has 3 fully saturated rings. The number of rotatable bonds is 12. The molecule has 0 bridgehead atoms. The Kier molecular flexibility index (Phi) is 16.9. The van der Waals surface area contributed by atoms with E-state index in [2.05, 4.69) is 0 Å².